The first-order valence-corrected chi connectivity index (χ1v) is 7.17. The minimum atomic E-state index is -0.183. The summed E-state index contributed by atoms with van der Waals surface area (Å²) in [5, 5.41) is 14.7. The van der Waals surface area contributed by atoms with Crippen LogP contribution in [0.3, 0.4) is 0 Å². The number of rotatable bonds is 3. The fraction of sp³-hybridized carbons (Fsp3) is 0.353. The minimum absolute atomic E-state index is 0.0304. The average molecular weight is 269 g/mol. The lowest BCUT2D eigenvalue weighted by Gasteiger charge is -2.11. The van der Waals surface area contributed by atoms with Crippen LogP contribution in [0.4, 0.5) is 0 Å². The minimum Gasteiger partial charge on any atom is -0.393 e. The largest absolute Gasteiger partial charge is 0.393 e. The molecule has 0 bridgehead atoms. The zero-order valence-electron chi connectivity index (χ0n) is 11.4. The molecule has 3 nitrogen and oxygen atoms in total. The second-order valence-electron chi connectivity index (χ2n) is 5.60. The van der Waals surface area contributed by atoms with Crippen LogP contribution >= 0.6 is 0 Å². The third-order valence-electron chi connectivity index (χ3n) is 4.08. The maximum absolute atomic E-state index is 12.2. The number of hydrogen-bond donors (Lipinski definition) is 2. The number of carbonyl (C=O) groups excluding carboxylic acids is 1. The molecule has 2 N–H and O–H groups in total. The summed E-state index contributed by atoms with van der Waals surface area (Å²) in [7, 11) is 0. The van der Waals surface area contributed by atoms with Gasteiger partial charge in [0.1, 0.15) is 0 Å². The Balaban J connectivity index is 1.66. The molecular formula is C17H19NO2. The molecule has 0 aromatic heterocycles. The summed E-state index contributed by atoms with van der Waals surface area (Å²) in [6.45, 7) is 0.655. The number of hydrogen-bond acceptors (Lipinski definition) is 2. The number of aliphatic hydroxyl groups excluding tert-OH is 1. The van der Waals surface area contributed by atoms with Crippen LogP contribution in [-0.4, -0.2) is 23.7 Å². The van der Waals surface area contributed by atoms with Crippen molar-refractivity contribution in [3.63, 3.8) is 0 Å². The van der Waals surface area contributed by atoms with Gasteiger partial charge < -0.3 is 10.4 Å². The highest BCUT2D eigenvalue weighted by Crippen LogP contribution is 2.24. The highest BCUT2D eigenvalue weighted by molar-refractivity contribution is 5.98. The molecule has 2 aromatic rings. The fourth-order valence-electron chi connectivity index (χ4n) is 2.90. The number of benzene rings is 2. The maximum Gasteiger partial charge on any atom is 0.251 e. The predicted octanol–water partition coefficient (Wildman–Crippen LogP) is 2.73. The van der Waals surface area contributed by atoms with Crippen molar-refractivity contribution >= 4 is 16.7 Å². The summed E-state index contributed by atoms with van der Waals surface area (Å²) in [5.41, 5.74) is 0.697. The first-order chi connectivity index (χ1) is 9.72. The number of fused-ring (bicyclic) bond motifs is 1. The first kappa shape index (κ1) is 13.1. The van der Waals surface area contributed by atoms with Crippen LogP contribution < -0.4 is 5.32 Å². The van der Waals surface area contributed by atoms with Gasteiger partial charge in [-0.2, -0.15) is 0 Å². The lowest BCUT2D eigenvalue weighted by molar-refractivity contribution is 0.0945. The van der Waals surface area contributed by atoms with E-state index in [1.165, 1.54) is 0 Å². The lowest BCUT2D eigenvalue weighted by atomic mass is 10.1. The summed E-state index contributed by atoms with van der Waals surface area (Å²) in [6, 6.07) is 13.8. The summed E-state index contributed by atoms with van der Waals surface area (Å²) in [6.07, 6.45) is 2.48. The Bertz CT molecular complexity index is 623. The van der Waals surface area contributed by atoms with Crippen molar-refractivity contribution in [1.29, 1.82) is 0 Å². The molecule has 0 heterocycles. The zero-order valence-corrected chi connectivity index (χ0v) is 11.4. The summed E-state index contributed by atoms with van der Waals surface area (Å²) >= 11 is 0. The van der Waals surface area contributed by atoms with E-state index in [4.69, 9.17) is 0 Å². The van der Waals surface area contributed by atoms with Gasteiger partial charge in [-0.3, -0.25) is 4.79 Å². The average Bonchev–Trinajstić information content (AvgIpc) is 2.90. The van der Waals surface area contributed by atoms with Crippen molar-refractivity contribution < 1.29 is 9.90 Å². The summed E-state index contributed by atoms with van der Waals surface area (Å²) < 4.78 is 0. The van der Waals surface area contributed by atoms with Crippen LogP contribution in [0.2, 0.25) is 0 Å². The molecule has 2 aromatic carbocycles. The molecule has 1 aliphatic rings. The highest BCUT2D eigenvalue weighted by atomic mass is 16.3. The van der Waals surface area contributed by atoms with Crippen molar-refractivity contribution in [3.05, 3.63) is 48.0 Å². The van der Waals surface area contributed by atoms with Gasteiger partial charge in [-0.05, 0) is 48.1 Å². The van der Waals surface area contributed by atoms with Crippen LogP contribution in [-0.2, 0) is 0 Å². The van der Waals surface area contributed by atoms with Gasteiger partial charge in [0.2, 0.25) is 0 Å². The van der Waals surface area contributed by atoms with Gasteiger partial charge in [-0.15, -0.1) is 0 Å². The maximum atomic E-state index is 12.2. The Kier molecular flexibility index (Phi) is 3.70. The number of amides is 1. The molecule has 1 amide bonds. The van der Waals surface area contributed by atoms with E-state index in [2.05, 4.69) is 5.32 Å². The van der Waals surface area contributed by atoms with Crippen LogP contribution in [0.25, 0.3) is 10.8 Å². The SMILES string of the molecule is O=C(NCC1CCC(O)C1)c1ccc2ccccc2c1. The van der Waals surface area contributed by atoms with Gasteiger partial charge in [0.05, 0.1) is 6.10 Å². The molecule has 3 heteroatoms. The van der Waals surface area contributed by atoms with E-state index in [9.17, 15) is 9.90 Å². The standard InChI is InChI=1S/C17H19NO2/c19-16-8-5-12(9-16)11-18-17(20)15-7-6-13-3-1-2-4-14(13)10-15/h1-4,6-7,10,12,16,19H,5,8-9,11H2,(H,18,20). The molecule has 1 aliphatic carbocycles. The Morgan fingerprint density at radius 3 is 2.70 bits per heavy atom. The molecule has 0 aliphatic heterocycles. The van der Waals surface area contributed by atoms with Crippen molar-refractivity contribution in [2.75, 3.05) is 6.54 Å². The molecule has 2 atom stereocenters. The normalized spacial score (nSPS) is 22.1. The highest BCUT2D eigenvalue weighted by Gasteiger charge is 2.23. The molecule has 3 rings (SSSR count). The van der Waals surface area contributed by atoms with E-state index >= 15 is 0 Å². The van der Waals surface area contributed by atoms with Crippen molar-refractivity contribution in [3.8, 4) is 0 Å². The summed E-state index contributed by atoms with van der Waals surface area (Å²) in [4.78, 5) is 12.2. The quantitative estimate of drug-likeness (QED) is 0.900. The molecule has 0 spiro atoms. The molecule has 20 heavy (non-hydrogen) atoms. The lowest BCUT2D eigenvalue weighted by Crippen LogP contribution is -2.28. The monoisotopic (exact) mass is 269 g/mol. The molecule has 2 unspecified atom stereocenters. The Morgan fingerprint density at radius 2 is 1.95 bits per heavy atom. The molecule has 1 fully saturated rings. The number of carbonyl (C=O) groups is 1. The Labute approximate surface area is 118 Å². The Morgan fingerprint density at radius 1 is 1.15 bits per heavy atom. The molecule has 1 saturated carbocycles. The molecule has 0 radical (unpaired) electrons. The topological polar surface area (TPSA) is 49.3 Å². The smallest absolute Gasteiger partial charge is 0.251 e. The number of nitrogens with one attached hydrogen (secondary N) is 1. The van der Waals surface area contributed by atoms with E-state index in [1.54, 1.807) is 0 Å². The second kappa shape index (κ2) is 5.63. The van der Waals surface area contributed by atoms with E-state index in [-0.39, 0.29) is 12.0 Å². The van der Waals surface area contributed by atoms with Crippen molar-refractivity contribution in [2.45, 2.75) is 25.4 Å². The number of aliphatic hydroxyl groups is 1. The van der Waals surface area contributed by atoms with Gasteiger partial charge in [0, 0.05) is 12.1 Å². The van der Waals surface area contributed by atoms with Crippen LogP contribution in [0, 0.1) is 5.92 Å². The third kappa shape index (κ3) is 2.83. The van der Waals surface area contributed by atoms with Gasteiger partial charge >= 0.3 is 0 Å². The molecular weight excluding hydrogens is 250 g/mol. The van der Waals surface area contributed by atoms with Crippen molar-refractivity contribution in [2.24, 2.45) is 5.92 Å². The van der Waals surface area contributed by atoms with Crippen molar-refractivity contribution in [1.82, 2.24) is 5.32 Å². The van der Waals surface area contributed by atoms with Gasteiger partial charge in [-0.25, -0.2) is 0 Å². The molecule has 0 saturated heterocycles. The molecule has 104 valence electrons. The van der Waals surface area contributed by atoms with E-state index in [1.807, 2.05) is 42.5 Å². The second-order valence-corrected chi connectivity index (χ2v) is 5.60. The van der Waals surface area contributed by atoms with Gasteiger partial charge in [-0.1, -0.05) is 30.3 Å². The zero-order chi connectivity index (χ0) is 13.9. The van der Waals surface area contributed by atoms with Gasteiger partial charge in [0.25, 0.3) is 5.91 Å². The van der Waals surface area contributed by atoms with E-state index in [0.29, 0.717) is 18.0 Å². The Hall–Kier alpha value is -1.87. The predicted molar refractivity (Wildman–Crippen MR) is 79.6 cm³/mol. The summed E-state index contributed by atoms with van der Waals surface area (Å²) in [5.74, 6) is 0.381. The van der Waals surface area contributed by atoms with Gasteiger partial charge in [0.15, 0.2) is 0 Å². The van der Waals surface area contributed by atoms with E-state index < -0.39 is 0 Å². The van der Waals surface area contributed by atoms with Crippen LogP contribution in [0.1, 0.15) is 29.6 Å². The van der Waals surface area contributed by atoms with Crippen LogP contribution in [0.5, 0.6) is 0 Å². The van der Waals surface area contributed by atoms with E-state index in [0.717, 1.165) is 30.0 Å². The first-order valence-electron chi connectivity index (χ1n) is 7.17. The third-order valence-corrected chi connectivity index (χ3v) is 4.08. The fourth-order valence-corrected chi connectivity index (χ4v) is 2.90. The van der Waals surface area contributed by atoms with Crippen LogP contribution in [0.15, 0.2) is 42.5 Å².